The van der Waals surface area contributed by atoms with Gasteiger partial charge in [0, 0.05) is 18.7 Å². The van der Waals surface area contributed by atoms with Gasteiger partial charge in [0.15, 0.2) is 11.5 Å². The highest BCUT2D eigenvalue weighted by Gasteiger charge is 2.35. The third kappa shape index (κ3) is 2.63. The van der Waals surface area contributed by atoms with Crippen LogP contribution in [-0.4, -0.2) is 33.2 Å². The molecule has 2 aliphatic rings. The number of rotatable bonds is 3. The summed E-state index contributed by atoms with van der Waals surface area (Å²) in [6.07, 6.45) is 0.674. The molecule has 25 heavy (non-hydrogen) atoms. The van der Waals surface area contributed by atoms with Crippen molar-refractivity contribution in [2.75, 3.05) is 20.4 Å². The van der Waals surface area contributed by atoms with Crippen molar-refractivity contribution >= 4 is 10.0 Å². The third-order valence-corrected chi connectivity index (χ3v) is 6.75. The first-order chi connectivity index (χ1) is 12.0. The molecule has 2 aromatic rings. The van der Waals surface area contributed by atoms with E-state index in [-0.39, 0.29) is 17.7 Å². The van der Waals surface area contributed by atoms with Crippen molar-refractivity contribution in [1.82, 2.24) is 4.31 Å². The molecule has 2 aliphatic heterocycles. The molecule has 0 aliphatic carbocycles. The molecule has 2 heterocycles. The molecule has 132 valence electrons. The van der Waals surface area contributed by atoms with Crippen LogP contribution in [0.15, 0.2) is 41.3 Å². The Morgan fingerprint density at radius 2 is 1.92 bits per heavy atom. The number of nitrogens with zero attached hydrogens (tertiary/aromatic N) is 1. The summed E-state index contributed by atoms with van der Waals surface area (Å²) in [7, 11) is -2.03. The second-order valence-electron chi connectivity index (χ2n) is 6.12. The van der Waals surface area contributed by atoms with E-state index in [1.807, 2.05) is 25.1 Å². The lowest BCUT2D eigenvalue weighted by Gasteiger charge is -2.34. The summed E-state index contributed by atoms with van der Waals surface area (Å²) < 4.78 is 43.7. The molecule has 0 radical (unpaired) electrons. The molecule has 6 nitrogen and oxygen atoms in total. The maximum Gasteiger partial charge on any atom is 0.243 e. The van der Waals surface area contributed by atoms with Gasteiger partial charge in [0.05, 0.1) is 12.0 Å². The number of methoxy groups -OCH3 is 1. The van der Waals surface area contributed by atoms with Gasteiger partial charge in [-0.3, -0.25) is 0 Å². The topological polar surface area (TPSA) is 65.1 Å². The Hall–Kier alpha value is -2.25. The highest BCUT2D eigenvalue weighted by atomic mass is 32.2. The van der Waals surface area contributed by atoms with Gasteiger partial charge in [-0.15, -0.1) is 0 Å². The summed E-state index contributed by atoms with van der Waals surface area (Å²) >= 11 is 0. The molecule has 0 aromatic heterocycles. The number of fused-ring (bicyclic) bond motifs is 2. The first kappa shape index (κ1) is 16.2. The quantitative estimate of drug-likeness (QED) is 0.841. The van der Waals surface area contributed by atoms with Crippen molar-refractivity contribution in [2.45, 2.75) is 24.3 Å². The normalized spacial score (nSPS) is 19.5. The molecule has 1 unspecified atom stereocenters. The van der Waals surface area contributed by atoms with Gasteiger partial charge >= 0.3 is 0 Å². The molecule has 0 bridgehead atoms. The van der Waals surface area contributed by atoms with Crippen LogP contribution in [0, 0.1) is 0 Å². The molecule has 0 fully saturated rings. The van der Waals surface area contributed by atoms with Crippen LogP contribution in [0.1, 0.15) is 24.1 Å². The Morgan fingerprint density at radius 3 is 2.72 bits per heavy atom. The fourth-order valence-electron chi connectivity index (χ4n) is 3.40. The zero-order valence-electron chi connectivity index (χ0n) is 14.1. The van der Waals surface area contributed by atoms with E-state index in [9.17, 15) is 8.42 Å². The van der Waals surface area contributed by atoms with E-state index in [0.29, 0.717) is 24.5 Å². The van der Waals surface area contributed by atoms with Gasteiger partial charge in [-0.1, -0.05) is 6.07 Å². The molecule has 2 aromatic carbocycles. The minimum absolute atomic E-state index is 0.117. The number of sulfonamides is 1. The molecule has 0 saturated heterocycles. The fraction of sp³-hybridized carbons (Fsp3) is 0.333. The summed E-state index contributed by atoms with van der Waals surface area (Å²) in [5.74, 6) is 1.77. The summed E-state index contributed by atoms with van der Waals surface area (Å²) in [4.78, 5) is 0.218. The number of hydrogen-bond donors (Lipinski definition) is 0. The summed E-state index contributed by atoms with van der Waals surface area (Å²) in [5, 5.41) is 0. The minimum atomic E-state index is -3.64. The zero-order chi connectivity index (χ0) is 17.6. The van der Waals surface area contributed by atoms with Crippen LogP contribution in [0.25, 0.3) is 0 Å². The number of hydrogen-bond acceptors (Lipinski definition) is 5. The van der Waals surface area contributed by atoms with Crippen molar-refractivity contribution in [3.63, 3.8) is 0 Å². The van der Waals surface area contributed by atoms with Gasteiger partial charge in [-0.2, -0.15) is 4.31 Å². The van der Waals surface area contributed by atoms with Gasteiger partial charge in [0.1, 0.15) is 5.75 Å². The van der Waals surface area contributed by atoms with E-state index in [1.54, 1.807) is 19.2 Å². The molecule has 7 heteroatoms. The maximum absolute atomic E-state index is 13.2. The Morgan fingerprint density at radius 1 is 1.12 bits per heavy atom. The Labute approximate surface area is 147 Å². The zero-order valence-corrected chi connectivity index (χ0v) is 14.9. The third-order valence-electron chi connectivity index (χ3n) is 4.79. The SMILES string of the molecule is COc1ccc2c(c1)C(C)N(S(=O)(=O)c1ccc3c(c1)OCO3)CC2. The second kappa shape index (κ2) is 5.93. The number of benzene rings is 2. The summed E-state index contributed by atoms with van der Waals surface area (Å²) in [6.45, 7) is 2.46. The predicted octanol–water partition coefficient (Wildman–Crippen LogP) is 2.73. The van der Waals surface area contributed by atoms with Crippen molar-refractivity contribution < 1.29 is 22.6 Å². The van der Waals surface area contributed by atoms with Crippen LogP contribution >= 0.6 is 0 Å². The molecule has 0 saturated carbocycles. The average Bonchev–Trinajstić information content (AvgIpc) is 3.09. The Balaban J connectivity index is 1.71. The van der Waals surface area contributed by atoms with Crippen LogP contribution in [0.3, 0.4) is 0 Å². The van der Waals surface area contributed by atoms with E-state index >= 15 is 0 Å². The molecule has 0 amide bonds. The lowest BCUT2D eigenvalue weighted by atomic mass is 9.95. The molecule has 0 spiro atoms. The molecule has 1 atom stereocenters. The average molecular weight is 361 g/mol. The van der Waals surface area contributed by atoms with Gasteiger partial charge < -0.3 is 14.2 Å². The van der Waals surface area contributed by atoms with Gasteiger partial charge in [0.25, 0.3) is 0 Å². The van der Waals surface area contributed by atoms with Crippen molar-refractivity contribution in [2.24, 2.45) is 0 Å². The van der Waals surface area contributed by atoms with E-state index in [0.717, 1.165) is 16.9 Å². The lowest BCUT2D eigenvalue weighted by molar-refractivity contribution is 0.174. The largest absolute Gasteiger partial charge is 0.497 e. The maximum atomic E-state index is 13.2. The molecule has 4 rings (SSSR count). The van der Waals surface area contributed by atoms with Crippen LogP contribution in [-0.2, 0) is 16.4 Å². The minimum Gasteiger partial charge on any atom is -0.497 e. The van der Waals surface area contributed by atoms with E-state index in [2.05, 4.69) is 0 Å². The standard InChI is InChI=1S/C18H19NO5S/c1-12-16-9-14(22-2)4-3-13(16)7-8-19(12)25(20,21)15-5-6-17-18(10-15)24-11-23-17/h3-6,9-10,12H,7-8,11H2,1-2H3. The van der Waals surface area contributed by atoms with E-state index < -0.39 is 10.0 Å². The first-order valence-corrected chi connectivity index (χ1v) is 9.53. The first-order valence-electron chi connectivity index (χ1n) is 8.09. The van der Waals surface area contributed by atoms with Crippen molar-refractivity contribution in [3.8, 4) is 17.2 Å². The highest BCUT2D eigenvalue weighted by Crippen LogP contribution is 2.38. The lowest BCUT2D eigenvalue weighted by Crippen LogP contribution is -2.38. The summed E-state index contributed by atoms with van der Waals surface area (Å²) in [5.41, 5.74) is 2.14. The van der Waals surface area contributed by atoms with Gasteiger partial charge in [-0.25, -0.2) is 8.42 Å². The monoisotopic (exact) mass is 361 g/mol. The van der Waals surface area contributed by atoms with Crippen LogP contribution < -0.4 is 14.2 Å². The molecular formula is C18H19NO5S. The smallest absolute Gasteiger partial charge is 0.243 e. The molecular weight excluding hydrogens is 342 g/mol. The van der Waals surface area contributed by atoms with Gasteiger partial charge in [0.2, 0.25) is 16.8 Å². The van der Waals surface area contributed by atoms with Crippen LogP contribution in [0.5, 0.6) is 17.2 Å². The number of ether oxygens (including phenoxy) is 3. The Kier molecular flexibility index (Phi) is 3.85. The summed E-state index contributed by atoms with van der Waals surface area (Å²) in [6, 6.07) is 10.3. The van der Waals surface area contributed by atoms with E-state index in [1.165, 1.54) is 10.4 Å². The van der Waals surface area contributed by atoms with Gasteiger partial charge in [-0.05, 0) is 48.7 Å². The second-order valence-corrected chi connectivity index (χ2v) is 8.01. The fourth-order valence-corrected chi connectivity index (χ4v) is 5.03. The molecule has 0 N–H and O–H groups in total. The van der Waals surface area contributed by atoms with Crippen molar-refractivity contribution in [3.05, 3.63) is 47.5 Å². The van der Waals surface area contributed by atoms with Crippen molar-refractivity contribution in [1.29, 1.82) is 0 Å². The van der Waals surface area contributed by atoms with Crippen LogP contribution in [0.4, 0.5) is 0 Å². The Bertz CT molecular complexity index is 925. The predicted molar refractivity (Wildman–Crippen MR) is 91.6 cm³/mol. The highest BCUT2D eigenvalue weighted by molar-refractivity contribution is 7.89. The van der Waals surface area contributed by atoms with Crippen LogP contribution in [0.2, 0.25) is 0 Å². The van der Waals surface area contributed by atoms with E-state index in [4.69, 9.17) is 14.2 Å².